The zero-order chi connectivity index (χ0) is 14.3. The van der Waals surface area contributed by atoms with Crippen molar-refractivity contribution in [2.45, 2.75) is 85.2 Å². The fourth-order valence-corrected chi connectivity index (χ4v) is 3.14. The van der Waals surface area contributed by atoms with Gasteiger partial charge in [-0.15, -0.1) is 0 Å². The lowest BCUT2D eigenvalue weighted by atomic mass is 9.86. The molecule has 0 bridgehead atoms. The van der Waals surface area contributed by atoms with Gasteiger partial charge in [-0.2, -0.15) is 0 Å². The summed E-state index contributed by atoms with van der Waals surface area (Å²) in [7, 11) is 0. The molecule has 0 spiro atoms. The normalized spacial score (nSPS) is 24.2. The number of nitrogens with one attached hydrogen (secondary N) is 1. The van der Waals surface area contributed by atoms with E-state index in [1.807, 2.05) is 0 Å². The van der Waals surface area contributed by atoms with E-state index in [9.17, 15) is 0 Å². The Balaban J connectivity index is 2.65. The van der Waals surface area contributed by atoms with Gasteiger partial charge in [0.2, 0.25) is 0 Å². The molecule has 0 aromatic carbocycles. The van der Waals surface area contributed by atoms with Crippen LogP contribution in [0, 0.1) is 5.41 Å². The number of nitrogens with zero attached hydrogens (tertiary/aromatic N) is 1. The zero-order valence-electron chi connectivity index (χ0n) is 14.0. The predicted molar refractivity (Wildman–Crippen MR) is 85.7 cm³/mol. The second-order valence-corrected chi connectivity index (χ2v) is 7.31. The summed E-state index contributed by atoms with van der Waals surface area (Å²) in [5.74, 6) is 0. The van der Waals surface area contributed by atoms with Crippen molar-refractivity contribution in [1.29, 1.82) is 0 Å². The number of hydrogen-bond acceptors (Lipinski definition) is 2. The number of hydrogen-bond donors (Lipinski definition) is 1. The first-order valence-corrected chi connectivity index (χ1v) is 8.46. The van der Waals surface area contributed by atoms with Crippen molar-refractivity contribution in [1.82, 2.24) is 10.2 Å². The Kier molecular flexibility index (Phi) is 7.38. The molecule has 19 heavy (non-hydrogen) atoms. The quantitative estimate of drug-likeness (QED) is 0.781. The van der Waals surface area contributed by atoms with Gasteiger partial charge in [-0.3, -0.25) is 4.90 Å². The van der Waals surface area contributed by atoms with Crippen LogP contribution in [0.2, 0.25) is 0 Å². The van der Waals surface area contributed by atoms with Gasteiger partial charge >= 0.3 is 0 Å². The molecule has 1 aliphatic heterocycles. The van der Waals surface area contributed by atoms with Crippen LogP contribution >= 0.6 is 0 Å². The molecule has 1 rings (SSSR count). The van der Waals surface area contributed by atoms with Crippen LogP contribution in [0.15, 0.2) is 0 Å². The summed E-state index contributed by atoms with van der Waals surface area (Å²) in [6.45, 7) is 15.5. The van der Waals surface area contributed by atoms with Crippen molar-refractivity contribution in [3.63, 3.8) is 0 Å². The van der Waals surface area contributed by atoms with Crippen LogP contribution in [-0.4, -0.2) is 36.6 Å². The molecular formula is C17H36N2. The maximum absolute atomic E-state index is 3.76. The van der Waals surface area contributed by atoms with Crippen LogP contribution in [0.5, 0.6) is 0 Å². The lowest BCUT2D eigenvalue weighted by Gasteiger charge is -2.37. The molecule has 1 N–H and O–H groups in total. The van der Waals surface area contributed by atoms with E-state index in [-0.39, 0.29) is 0 Å². The Morgan fingerprint density at radius 3 is 2.47 bits per heavy atom. The lowest BCUT2D eigenvalue weighted by molar-refractivity contribution is 0.139. The van der Waals surface area contributed by atoms with Gasteiger partial charge in [-0.05, 0) is 37.8 Å². The SMILES string of the molecule is CCCCC(CCC)N1CCCNC(C(C)(C)C)C1. The summed E-state index contributed by atoms with van der Waals surface area (Å²) in [4.78, 5) is 2.79. The van der Waals surface area contributed by atoms with E-state index < -0.39 is 0 Å². The molecule has 2 unspecified atom stereocenters. The minimum absolute atomic E-state index is 0.365. The molecule has 2 atom stereocenters. The molecule has 0 aromatic heterocycles. The smallest absolute Gasteiger partial charge is 0.0243 e. The van der Waals surface area contributed by atoms with Gasteiger partial charge in [0.05, 0.1) is 0 Å². The highest BCUT2D eigenvalue weighted by Gasteiger charge is 2.30. The zero-order valence-corrected chi connectivity index (χ0v) is 14.0. The molecule has 0 aromatic rings. The third-order valence-corrected chi connectivity index (χ3v) is 4.50. The van der Waals surface area contributed by atoms with E-state index in [1.54, 1.807) is 0 Å². The Labute approximate surface area is 121 Å². The maximum atomic E-state index is 3.76. The summed E-state index contributed by atoms with van der Waals surface area (Å²) >= 11 is 0. The van der Waals surface area contributed by atoms with Crippen molar-refractivity contribution >= 4 is 0 Å². The van der Waals surface area contributed by atoms with Crippen molar-refractivity contribution in [2.24, 2.45) is 5.41 Å². The minimum Gasteiger partial charge on any atom is -0.312 e. The average molecular weight is 268 g/mol. The molecule has 0 aliphatic carbocycles. The van der Waals surface area contributed by atoms with E-state index in [2.05, 4.69) is 44.8 Å². The third kappa shape index (κ3) is 5.83. The lowest BCUT2D eigenvalue weighted by Crippen LogP contribution is -2.48. The topological polar surface area (TPSA) is 15.3 Å². The maximum Gasteiger partial charge on any atom is 0.0243 e. The molecule has 0 saturated carbocycles. The van der Waals surface area contributed by atoms with E-state index in [1.165, 1.54) is 58.2 Å². The Morgan fingerprint density at radius 2 is 1.89 bits per heavy atom. The van der Waals surface area contributed by atoms with Crippen molar-refractivity contribution < 1.29 is 0 Å². The van der Waals surface area contributed by atoms with Gasteiger partial charge in [0.15, 0.2) is 0 Å². The number of unbranched alkanes of at least 4 members (excludes halogenated alkanes) is 1. The summed E-state index contributed by atoms with van der Waals surface area (Å²) in [6.07, 6.45) is 8.10. The van der Waals surface area contributed by atoms with E-state index >= 15 is 0 Å². The minimum atomic E-state index is 0.365. The van der Waals surface area contributed by atoms with Crippen LogP contribution in [-0.2, 0) is 0 Å². The largest absolute Gasteiger partial charge is 0.312 e. The molecule has 114 valence electrons. The number of rotatable bonds is 6. The second kappa shape index (κ2) is 8.26. The van der Waals surface area contributed by atoms with Gasteiger partial charge in [-0.25, -0.2) is 0 Å². The van der Waals surface area contributed by atoms with E-state index in [4.69, 9.17) is 0 Å². The van der Waals surface area contributed by atoms with Crippen LogP contribution in [0.25, 0.3) is 0 Å². The first kappa shape index (κ1) is 17.0. The predicted octanol–water partition coefficient (Wildman–Crippen LogP) is 4.06. The fraction of sp³-hybridized carbons (Fsp3) is 1.00. The molecule has 1 fully saturated rings. The fourth-order valence-electron chi connectivity index (χ4n) is 3.14. The summed E-state index contributed by atoms with van der Waals surface area (Å²) in [6, 6.07) is 1.45. The van der Waals surface area contributed by atoms with Crippen molar-refractivity contribution in [3.05, 3.63) is 0 Å². The van der Waals surface area contributed by atoms with Gasteiger partial charge < -0.3 is 5.32 Å². The van der Waals surface area contributed by atoms with Gasteiger partial charge in [0.1, 0.15) is 0 Å². The van der Waals surface area contributed by atoms with Gasteiger partial charge in [0, 0.05) is 18.6 Å². The molecule has 2 nitrogen and oxygen atoms in total. The van der Waals surface area contributed by atoms with Crippen molar-refractivity contribution in [2.75, 3.05) is 19.6 Å². The van der Waals surface area contributed by atoms with Crippen LogP contribution in [0.1, 0.15) is 73.1 Å². The summed E-state index contributed by atoms with van der Waals surface area (Å²) in [5.41, 5.74) is 0.365. The highest BCUT2D eigenvalue weighted by atomic mass is 15.2. The molecule has 1 heterocycles. The van der Waals surface area contributed by atoms with Crippen LogP contribution < -0.4 is 5.32 Å². The monoisotopic (exact) mass is 268 g/mol. The van der Waals surface area contributed by atoms with Crippen LogP contribution in [0.4, 0.5) is 0 Å². The summed E-state index contributed by atoms with van der Waals surface area (Å²) in [5, 5.41) is 3.76. The third-order valence-electron chi connectivity index (χ3n) is 4.50. The molecule has 0 amide bonds. The van der Waals surface area contributed by atoms with Gasteiger partial charge in [-0.1, -0.05) is 53.9 Å². The van der Waals surface area contributed by atoms with Gasteiger partial charge in [0.25, 0.3) is 0 Å². The van der Waals surface area contributed by atoms with E-state index in [0.717, 1.165) is 6.04 Å². The first-order chi connectivity index (χ1) is 8.99. The standard InChI is InChI=1S/C17H36N2/c1-6-8-11-15(10-7-2)19-13-9-12-18-16(14-19)17(3,4)5/h15-16,18H,6-14H2,1-5H3. The summed E-state index contributed by atoms with van der Waals surface area (Å²) < 4.78 is 0. The average Bonchev–Trinajstić information content (AvgIpc) is 2.59. The molecule has 1 aliphatic rings. The molecular weight excluding hydrogens is 232 g/mol. The van der Waals surface area contributed by atoms with Crippen LogP contribution in [0.3, 0.4) is 0 Å². The highest BCUT2D eigenvalue weighted by molar-refractivity contribution is 4.88. The van der Waals surface area contributed by atoms with Crippen molar-refractivity contribution in [3.8, 4) is 0 Å². The Hall–Kier alpha value is -0.0800. The van der Waals surface area contributed by atoms with E-state index in [0.29, 0.717) is 11.5 Å². The molecule has 0 radical (unpaired) electrons. The Morgan fingerprint density at radius 1 is 1.16 bits per heavy atom. The Bertz CT molecular complexity index is 232. The first-order valence-electron chi connectivity index (χ1n) is 8.46. The molecule has 1 saturated heterocycles. The molecule has 2 heteroatoms. The highest BCUT2D eigenvalue weighted by Crippen LogP contribution is 2.24. The second-order valence-electron chi connectivity index (χ2n) is 7.31.